The Morgan fingerprint density at radius 2 is 1.63 bits per heavy atom. The van der Waals surface area contributed by atoms with Crippen LogP contribution in [0.15, 0.2) is 48.5 Å². The van der Waals surface area contributed by atoms with Crippen LogP contribution in [-0.2, 0) is 20.7 Å². The van der Waals surface area contributed by atoms with Crippen LogP contribution in [0.5, 0.6) is 5.75 Å². The smallest absolute Gasteiger partial charge is 0.344 e. The molecular weight excluding hydrogens is 384 g/mol. The summed E-state index contributed by atoms with van der Waals surface area (Å²) < 4.78 is 10.3. The zero-order valence-electron chi connectivity index (χ0n) is 17.6. The van der Waals surface area contributed by atoms with Crippen molar-refractivity contribution >= 4 is 23.5 Å². The quantitative estimate of drug-likeness (QED) is 0.606. The van der Waals surface area contributed by atoms with E-state index >= 15 is 0 Å². The van der Waals surface area contributed by atoms with Gasteiger partial charge in [0, 0.05) is 24.3 Å². The Hall–Kier alpha value is -3.35. The molecule has 0 bridgehead atoms. The number of ether oxygens (including phenoxy) is 2. The summed E-state index contributed by atoms with van der Waals surface area (Å²) in [4.78, 5) is 38.0. The first-order valence-corrected chi connectivity index (χ1v) is 10.0. The number of anilines is 1. The topological polar surface area (TPSA) is 84.9 Å². The number of nitrogens with zero attached hydrogens (tertiary/aromatic N) is 1. The first kappa shape index (κ1) is 22.9. The average Bonchev–Trinajstić information content (AvgIpc) is 2.77. The molecule has 0 spiro atoms. The molecule has 0 unspecified atom stereocenters. The van der Waals surface area contributed by atoms with Gasteiger partial charge in [0.05, 0.1) is 0 Å². The van der Waals surface area contributed by atoms with E-state index in [4.69, 9.17) is 9.47 Å². The van der Waals surface area contributed by atoms with Crippen molar-refractivity contribution in [3.63, 3.8) is 0 Å². The first-order valence-electron chi connectivity index (χ1n) is 10.0. The highest BCUT2D eigenvalue weighted by molar-refractivity contribution is 5.97. The molecule has 0 aliphatic carbocycles. The lowest BCUT2D eigenvalue weighted by molar-refractivity contribution is -0.149. The molecule has 0 aliphatic rings. The average molecular weight is 412 g/mol. The lowest BCUT2D eigenvalue weighted by Crippen LogP contribution is -2.30. The van der Waals surface area contributed by atoms with Crippen molar-refractivity contribution in [1.82, 2.24) is 4.90 Å². The molecule has 2 amide bonds. The fourth-order valence-electron chi connectivity index (χ4n) is 2.77. The lowest BCUT2D eigenvalue weighted by atomic mass is 10.1. The number of hydrogen-bond donors (Lipinski definition) is 1. The van der Waals surface area contributed by atoms with Gasteiger partial charge < -0.3 is 19.7 Å². The van der Waals surface area contributed by atoms with Crippen LogP contribution < -0.4 is 10.1 Å². The Morgan fingerprint density at radius 1 is 0.933 bits per heavy atom. The summed E-state index contributed by atoms with van der Waals surface area (Å²) in [6.45, 7) is 6.35. The van der Waals surface area contributed by atoms with E-state index in [1.807, 2.05) is 26.0 Å². The van der Waals surface area contributed by atoms with Gasteiger partial charge in [-0.2, -0.15) is 0 Å². The highest BCUT2D eigenvalue weighted by atomic mass is 16.6. The number of esters is 1. The number of rotatable bonds is 10. The molecule has 0 aliphatic heterocycles. The van der Waals surface area contributed by atoms with Crippen molar-refractivity contribution in [2.75, 3.05) is 31.6 Å². The Morgan fingerprint density at radius 3 is 2.27 bits per heavy atom. The maximum absolute atomic E-state index is 12.4. The summed E-state index contributed by atoms with van der Waals surface area (Å²) >= 11 is 0. The molecular formula is C23H28N2O5. The number of carbonyl (C=O) groups excluding carboxylic acids is 3. The fourth-order valence-corrected chi connectivity index (χ4v) is 2.77. The minimum atomic E-state index is -0.643. The number of nitrogens with one attached hydrogen (secondary N) is 1. The summed E-state index contributed by atoms with van der Waals surface area (Å²) in [7, 11) is 0. The molecule has 0 aromatic heterocycles. The number of benzene rings is 2. The zero-order valence-corrected chi connectivity index (χ0v) is 17.6. The maximum Gasteiger partial charge on any atom is 0.344 e. The van der Waals surface area contributed by atoms with E-state index in [0.29, 0.717) is 30.1 Å². The summed E-state index contributed by atoms with van der Waals surface area (Å²) in [6.07, 6.45) is 0.921. The van der Waals surface area contributed by atoms with Crippen molar-refractivity contribution in [3.8, 4) is 5.75 Å². The van der Waals surface area contributed by atoms with Gasteiger partial charge in [0.2, 0.25) is 0 Å². The van der Waals surface area contributed by atoms with Crippen LogP contribution in [0.1, 0.15) is 36.7 Å². The molecule has 0 saturated carbocycles. The molecule has 0 saturated heterocycles. The molecule has 2 aromatic carbocycles. The molecule has 0 radical (unpaired) electrons. The normalized spacial score (nSPS) is 10.2. The SMILES string of the molecule is CCc1ccc(OCC(=O)OCC(=O)Nc2cccc(C(=O)N(CC)CC)c2)cc1. The largest absolute Gasteiger partial charge is 0.482 e. The van der Waals surface area contributed by atoms with Crippen LogP contribution in [-0.4, -0.2) is 49.0 Å². The Kier molecular flexibility index (Phi) is 8.87. The minimum absolute atomic E-state index is 0.105. The molecule has 2 aromatic rings. The van der Waals surface area contributed by atoms with Crippen molar-refractivity contribution in [3.05, 3.63) is 59.7 Å². The van der Waals surface area contributed by atoms with Crippen LogP contribution in [0.4, 0.5) is 5.69 Å². The summed E-state index contributed by atoms with van der Waals surface area (Å²) in [5.41, 5.74) is 2.11. The maximum atomic E-state index is 12.4. The van der Waals surface area contributed by atoms with Crippen molar-refractivity contribution < 1.29 is 23.9 Å². The van der Waals surface area contributed by atoms with Crippen LogP contribution in [0.3, 0.4) is 0 Å². The van der Waals surface area contributed by atoms with Crippen LogP contribution in [0.2, 0.25) is 0 Å². The molecule has 30 heavy (non-hydrogen) atoms. The fraction of sp³-hybridized carbons (Fsp3) is 0.348. The number of aryl methyl sites for hydroxylation is 1. The summed E-state index contributed by atoms with van der Waals surface area (Å²) in [5, 5.41) is 2.63. The molecule has 160 valence electrons. The number of hydrogen-bond acceptors (Lipinski definition) is 5. The van der Waals surface area contributed by atoms with Gasteiger partial charge in [-0.05, 0) is 56.2 Å². The number of amides is 2. The van der Waals surface area contributed by atoms with E-state index in [1.54, 1.807) is 41.3 Å². The van der Waals surface area contributed by atoms with Gasteiger partial charge in [-0.25, -0.2) is 4.79 Å². The predicted molar refractivity (Wildman–Crippen MR) is 115 cm³/mol. The van der Waals surface area contributed by atoms with E-state index in [-0.39, 0.29) is 12.5 Å². The molecule has 0 fully saturated rings. The van der Waals surface area contributed by atoms with Gasteiger partial charge >= 0.3 is 5.97 Å². The third kappa shape index (κ3) is 6.92. The van der Waals surface area contributed by atoms with Crippen LogP contribution in [0.25, 0.3) is 0 Å². The van der Waals surface area contributed by atoms with Crippen molar-refractivity contribution in [2.24, 2.45) is 0 Å². The highest BCUT2D eigenvalue weighted by Crippen LogP contribution is 2.14. The molecule has 0 heterocycles. The Balaban J connectivity index is 1.80. The van der Waals surface area contributed by atoms with E-state index in [1.165, 1.54) is 5.56 Å². The monoisotopic (exact) mass is 412 g/mol. The highest BCUT2D eigenvalue weighted by Gasteiger charge is 2.14. The van der Waals surface area contributed by atoms with Crippen LogP contribution >= 0.6 is 0 Å². The summed E-state index contributed by atoms with van der Waals surface area (Å²) in [5.74, 6) is -0.687. The minimum Gasteiger partial charge on any atom is -0.482 e. The van der Waals surface area contributed by atoms with E-state index in [0.717, 1.165) is 6.42 Å². The Labute approximate surface area is 177 Å². The van der Waals surface area contributed by atoms with Gasteiger partial charge in [0.25, 0.3) is 11.8 Å². The van der Waals surface area contributed by atoms with Crippen molar-refractivity contribution in [2.45, 2.75) is 27.2 Å². The van der Waals surface area contributed by atoms with E-state index in [9.17, 15) is 14.4 Å². The molecule has 7 nitrogen and oxygen atoms in total. The molecule has 2 rings (SSSR count). The second-order valence-electron chi connectivity index (χ2n) is 6.55. The Bertz CT molecular complexity index is 860. The second-order valence-corrected chi connectivity index (χ2v) is 6.55. The first-order chi connectivity index (χ1) is 14.5. The van der Waals surface area contributed by atoms with E-state index < -0.39 is 18.5 Å². The molecule has 0 atom stereocenters. The second kappa shape index (κ2) is 11.6. The lowest BCUT2D eigenvalue weighted by Gasteiger charge is -2.19. The third-order valence-electron chi connectivity index (χ3n) is 4.50. The van der Waals surface area contributed by atoms with Gasteiger partial charge in [0.15, 0.2) is 13.2 Å². The number of carbonyl (C=O) groups is 3. The van der Waals surface area contributed by atoms with Gasteiger partial charge in [-0.1, -0.05) is 25.1 Å². The van der Waals surface area contributed by atoms with Crippen LogP contribution in [0, 0.1) is 0 Å². The molecule has 7 heteroatoms. The van der Waals surface area contributed by atoms with Gasteiger partial charge in [0.1, 0.15) is 5.75 Å². The zero-order chi connectivity index (χ0) is 21.9. The van der Waals surface area contributed by atoms with Crippen molar-refractivity contribution in [1.29, 1.82) is 0 Å². The molecule has 1 N–H and O–H groups in total. The van der Waals surface area contributed by atoms with Gasteiger partial charge in [-0.3, -0.25) is 9.59 Å². The van der Waals surface area contributed by atoms with Gasteiger partial charge in [-0.15, -0.1) is 0 Å². The predicted octanol–water partition coefficient (Wildman–Crippen LogP) is 3.29. The van der Waals surface area contributed by atoms with E-state index in [2.05, 4.69) is 12.2 Å². The standard InChI is InChI=1S/C23H28N2O5/c1-4-17-10-12-20(13-11-17)29-16-22(27)30-15-21(26)24-19-9-7-8-18(14-19)23(28)25(5-2)6-3/h7-14H,4-6,15-16H2,1-3H3,(H,24,26). The third-order valence-corrected chi connectivity index (χ3v) is 4.50. The summed E-state index contributed by atoms with van der Waals surface area (Å²) in [6, 6.07) is 14.1.